The van der Waals surface area contributed by atoms with Crippen LogP contribution in [-0.2, 0) is 6.42 Å². The number of aliphatic imine (C=N–C) groups is 1. The van der Waals surface area contributed by atoms with E-state index in [1.807, 2.05) is 19.1 Å². The van der Waals surface area contributed by atoms with E-state index in [2.05, 4.69) is 51.0 Å². The van der Waals surface area contributed by atoms with E-state index in [1.165, 1.54) is 11.6 Å². The maximum absolute atomic E-state index is 15.2. The molecule has 0 saturated carbocycles. The molecule has 0 spiro atoms. The second kappa shape index (κ2) is 9.37. The van der Waals surface area contributed by atoms with Gasteiger partial charge < -0.3 is 19.9 Å². The SMILES string of the molecule is CC1=Cc2c(cc(F)c(Oc3nc(NC4=NCC(C(C)C)=C4)cc(N4CCN(C)CC4)n3)c2F)C1. The fourth-order valence-electron chi connectivity index (χ4n) is 4.47. The molecule has 1 N–H and O–H groups in total. The lowest BCUT2D eigenvalue weighted by Crippen LogP contribution is -2.44. The number of anilines is 2. The molecular formula is C26H30F2N6O. The number of hydrogen-bond acceptors (Lipinski definition) is 7. The average Bonchev–Trinajstić information content (AvgIpc) is 3.43. The predicted molar refractivity (Wildman–Crippen MR) is 134 cm³/mol. The maximum Gasteiger partial charge on any atom is 0.326 e. The van der Waals surface area contributed by atoms with Crippen molar-refractivity contribution in [3.8, 4) is 11.8 Å². The third-order valence-electron chi connectivity index (χ3n) is 6.62. The van der Waals surface area contributed by atoms with E-state index >= 15 is 4.39 Å². The lowest BCUT2D eigenvalue weighted by molar-refractivity contribution is 0.311. The Morgan fingerprint density at radius 2 is 1.83 bits per heavy atom. The number of ether oxygens (including phenoxy) is 1. The Balaban J connectivity index is 1.48. The van der Waals surface area contributed by atoms with Gasteiger partial charge in [-0.25, -0.2) is 8.78 Å². The molecular weight excluding hydrogens is 450 g/mol. The van der Waals surface area contributed by atoms with Crippen LogP contribution in [0.4, 0.5) is 20.4 Å². The number of hydrogen-bond donors (Lipinski definition) is 1. The number of benzene rings is 1. The molecule has 0 radical (unpaired) electrons. The largest absolute Gasteiger partial charge is 0.418 e. The number of rotatable bonds is 5. The van der Waals surface area contributed by atoms with Crippen LogP contribution >= 0.6 is 0 Å². The summed E-state index contributed by atoms with van der Waals surface area (Å²) in [5.41, 5.74) is 3.18. The van der Waals surface area contributed by atoms with Crippen molar-refractivity contribution in [2.24, 2.45) is 10.9 Å². The van der Waals surface area contributed by atoms with Gasteiger partial charge in [-0.1, -0.05) is 25.5 Å². The van der Waals surface area contributed by atoms with Crippen LogP contribution in [0, 0.1) is 17.6 Å². The Kier molecular flexibility index (Phi) is 6.27. The predicted octanol–water partition coefficient (Wildman–Crippen LogP) is 4.66. The Bertz CT molecular complexity index is 1240. The van der Waals surface area contributed by atoms with Gasteiger partial charge in [0.1, 0.15) is 17.5 Å². The molecule has 35 heavy (non-hydrogen) atoms. The van der Waals surface area contributed by atoms with Crippen LogP contribution in [0.15, 0.2) is 34.3 Å². The second-order valence-corrected chi connectivity index (χ2v) is 9.73. The second-order valence-electron chi connectivity index (χ2n) is 9.73. The molecule has 5 rings (SSSR count). The van der Waals surface area contributed by atoms with Crippen LogP contribution in [0.3, 0.4) is 0 Å². The molecule has 1 aliphatic carbocycles. The van der Waals surface area contributed by atoms with E-state index in [0.29, 0.717) is 47.5 Å². The van der Waals surface area contributed by atoms with Crippen LogP contribution in [0.1, 0.15) is 31.9 Å². The number of fused-ring (bicyclic) bond motifs is 1. The third-order valence-corrected chi connectivity index (χ3v) is 6.62. The first kappa shape index (κ1) is 23.4. The fourth-order valence-corrected chi connectivity index (χ4v) is 4.47. The molecule has 1 aromatic heterocycles. The van der Waals surface area contributed by atoms with Gasteiger partial charge in [-0.05, 0) is 49.6 Å². The Labute approximate surface area is 204 Å². The summed E-state index contributed by atoms with van der Waals surface area (Å²) < 4.78 is 35.8. The number of likely N-dealkylation sites (N-methyl/N-ethyl adjacent to an activating group) is 1. The van der Waals surface area contributed by atoms with E-state index in [4.69, 9.17) is 4.74 Å². The average molecular weight is 481 g/mol. The highest BCUT2D eigenvalue weighted by atomic mass is 19.1. The minimum absolute atomic E-state index is 0.118. The van der Waals surface area contributed by atoms with Gasteiger partial charge in [0.2, 0.25) is 5.75 Å². The van der Waals surface area contributed by atoms with Gasteiger partial charge in [0, 0.05) is 37.8 Å². The summed E-state index contributed by atoms with van der Waals surface area (Å²) in [6, 6.07) is 3.03. The van der Waals surface area contributed by atoms with Gasteiger partial charge in [-0.15, -0.1) is 0 Å². The Morgan fingerprint density at radius 3 is 2.54 bits per heavy atom. The van der Waals surface area contributed by atoms with Crippen molar-refractivity contribution < 1.29 is 13.5 Å². The molecule has 7 nitrogen and oxygen atoms in total. The Hall–Kier alpha value is -3.33. The van der Waals surface area contributed by atoms with Gasteiger partial charge in [0.15, 0.2) is 11.6 Å². The van der Waals surface area contributed by atoms with Crippen LogP contribution in [0.25, 0.3) is 6.08 Å². The highest BCUT2D eigenvalue weighted by Gasteiger charge is 2.25. The normalized spacial score (nSPS) is 17.9. The first-order chi connectivity index (χ1) is 16.8. The zero-order valence-electron chi connectivity index (χ0n) is 20.5. The summed E-state index contributed by atoms with van der Waals surface area (Å²) in [6.45, 7) is 10.1. The molecule has 0 bridgehead atoms. The standard InChI is InChI=1S/C26H30F2N6O/c1-15(2)18-12-21(29-14-18)30-22-13-23(34-7-5-33(4)6-8-34)32-26(31-22)35-25-20(27)11-17-9-16(3)10-19(17)24(25)28/h10-13,15H,5-9,14H2,1-4H3,(H,29,30,31,32). The van der Waals surface area contributed by atoms with Gasteiger partial charge in [-0.3, -0.25) is 4.99 Å². The molecule has 1 fully saturated rings. The van der Waals surface area contributed by atoms with Crippen molar-refractivity contribution in [2.45, 2.75) is 27.2 Å². The number of amidine groups is 1. The summed E-state index contributed by atoms with van der Waals surface area (Å²) >= 11 is 0. The third kappa shape index (κ3) is 4.91. The smallest absolute Gasteiger partial charge is 0.326 e. The zero-order valence-corrected chi connectivity index (χ0v) is 20.5. The molecule has 0 atom stereocenters. The van der Waals surface area contributed by atoms with Crippen LogP contribution in [0.2, 0.25) is 0 Å². The maximum atomic E-state index is 15.2. The van der Waals surface area contributed by atoms with Crippen molar-refractivity contribution >= 4 is 23.5 Å². The summed E-state index contributed by atoms with van der Waals surface area (Å²) in [6.07, 6.45) is 4.26. The summed E-state index contributed by atoms with van der Waals surface area (Å²) in [4.78, 5) is 17.8. The Morgan fingerprint density at radius 1 is 1.06 bits per heavy atom. The van der Waals surface area contributed by atoms with Crippen molar-refractivity contribution in [1.29, 1.82) is 0 Å². The molecule has 2 aliphatic heterocycles. The lowest BCUT2D eigenvalue weighted by Gasteiger charge is -2.33. The highest BCUT2D eigenvalue weighted by Crippen LogP contribution is 2.36. The molecule has 1 saturated heterocycles. The van der Waals surface area contributed by atoms with E-state index < -0.39 is 17.4 Å². The summed E-state index contributed by atoms with van der Waals surface area (Å²) in [5.74, 6) is 0.194. The number of piperazine rings is 1. The number of allylic oxidation sites excluding steroid dienone is 1. The highest BCUT2D eigenvalue weighted by molar-refractivity contribution is 6.05. The van der Waals surface area contributed by atoms with E-state index in [-0.39, 0.29) is 6.01 Å². The molecule has 3 heterocycles. The summed E-state index contributed by atoms with van der Waals surface area (Å²) in [7, 11) is 2.07. The molecule has 1 aromatic carbocycles. The monoisotopic (exact) mass is 480 g/mol. The number of nitrogens with zero attached hydrogens (tertiary/aromatic N) is 5. The van der Waals surface area contributed by atoms with Crippen molar-refractivity contribution in [3.05, 3.63) is 52.1 Å². The molecule has 3 aliphatic rings. The topological polar surface area (TPSA) is 65.9 Å². The van der Waals surface area contributed by atoms with E-state index in [0.717, 1.165) is 31.8 Å². The lowest BCUT2D eigenvalue weighted by atomic mass is 10.0. The number of nitrogens with one attached hydrogen (secondary N) is 1. The van der Waals surface area contributed by atoms with Crippen LogP contribution in [0.5, 0.6) is 11.8 Å². The zero-order chi connectivity index (χ0) is 24.7. The molecule has 9 heteroatoms. The van der Waals surface area contributed by atoms with Gasteiger partial charge in [-0.2, -0.15) is 9.97 Å². The van der Waals surface area contributed by atoms with Gasteiger partial charge in [0.05, 0.1) is 6.54 Å². The quantitative estimate of drug-likeness (QED) is 0.671. The van der Waals surface area contributed by atoms with Gasteiger partial charge in [0.25, 0.3) is 0 Å². The molecule has 2 aromatic rings. The van der Waals surface area contributed by atoms with Crippen LogP contribution < -0.4 is 15.0 Å². The van der Waals surface area contributed by atoms with E-state index in [1.54, 1.807) is 6.08 Å². The first-order valence-corrected chi connectivity index (χ1v) is 12.0. The number of aromatic nitrogens is 2. The molecule has 0 amide bonds. The van der Waals surface area contributed by atoms with Crippen molar-refractivity contribution in [3.63, 3.8) is 0 Å². The number of halogens is 2. The van der Waals surface area contributed by atoms with E-state index in [9.17, 15) is 4.39 Å². The fraction of sp³-hybridized carbons (Fsp3) is 0.423. The van der Waals surface area contributed by atoms with Gasteiger partial charge >= 0.3 is 6.01 Å². The first-order valence-electron chi connectivity index (χ1n) is 12.0. The summed E-state index contributed by atoms with van der Waals surface area (Å²) in [5, 5.41) is 3.23. The van der Waals surface area contributed by atoms with Crippen molar-refractivity contribution in [1.82, 2.24) is 14.9 Å². The molecule has 184 valence electrons. The molecule has 0 unspecified atom stereocenters. The minimum Gasteiger partial charge on any atom is -0.418 e. The minimum atomic E-state index is -0.767. The van der Waals surface area contributed by atoms with Crippen molar-refractivity contribution in [2.75, 3.05) is 50.0 Å². The van der Waals surface area contributed by atoms with Crippen LogP contribution in [-0.4, -0.2) is 60.5 Å².